The molecule has 1 aliphatic rings. The molecular formula is C35H21N3. The molecule has 1 aliphatic carbocycles. The van der Waals surface area contributed by atoms with E-state index < -0.39 is 0 Å². The highest BCUT2D eigenvalue weighted by Crippen LogP contribution is 2.49. The number of benzene rings is 6. The fourth-order valence-electron chi connectivity index (χ4n) is 6.63. The minimum Gasteiger partial charge on any atom is -0.292 e. The molecule has 0 amide bonds. The highest BCUT2D eigenvalue weighted by Gasteiger charge is 2.25. The van der Waals surface area contributed by atoms with E-state index in [1.807, 2.05) is 0 Å². The molecule has 0 unspecified atom stereocenters. The normalized spacial score (nSPS) is 12.3. The van der Waals surface area contributed by atoms with Crippen LogP contribution in [-0.4, -0.2) is 14.5 Å². The number of fused-ring (bicyclic) bond motifs is 6. The lowest BCUT2D eigenvalue weighted by Crippen LogP contribution is -2.03. The molecule has 0 radical (unpaired) electrons. The lowest BCUT2D eigenvalue weighted by molar-refractivity contribution is 1.03. The molecule has 38 heavy (non-hydrogen) atoms. The second kappa shape index (κ2) is 7.05. The molecule has 2 heterocycles. The van der Waals surface area contributed by atoms with Gasteiger partial charge in [0.2, 0.25) is 0 Å². The predicted molar refractivity (Wildman–Crippen MR) is 158 cm³/mol. The first kappa shape index (κ1) is 20.1. The third-order valence-corrected chi connectivity index (χ3v) is 8.23. The van der Waals surface area contributed by atoms with Crippen LogP contribution in [0.15, 0.2) is 109 Å². The number of nitrogens with zero attached hydrogens (tertiary/aromatic N) is 3. The molecule has 0 fully saturated rings. The molecule has 2 aromatic heterocycles. The molecule has 9 rings (SSSR count). The summed E-state index contributed by atoms with van der Waals surface area (Å²) in [6, 6.07) is 39.3. The summed E-state index contributed by atoms with van der Waals surface area (Å²) < 4.78 is 2.33. The largest absolute Gasteiger partial charge is 0.292 e. The van der Waals surface area contributed by atoms with Gasteiger partial charge in [-0.1, -0.05) is 91.0 Å². The second-order valence-corrected chi connectivity index (χ2v) is 10.2. The van der Waals surface area contributed by atoms with Crippen molar-refractivity contribution in [1.29, 1.82) is 0 Å². The molecule has 0 spiro atoms. The Balaban J connectivity index is 1.49. The van der Waals surface area contributed by atoms with Crippen LogP contribution in [0.5, 0.6) is 0 Å². The summed E-state index contributed by atoms with van der Waals surface area (Å²) in [5, 5.41) is 7.46. The molecule has 3 heteroatoms. The first-order valence-electron chi connectivity index (χ1n) is 13.0. The van der Waals surface area contributed by atoms with Crippen molar-refractivity contribution in [3.63, 3.8) is 0 Å². The van der Waals surface area contributed by atoms with E-state index >= 15 is 0 Å². The van der Waals surface area contributed by atoms with E-state index in [2.05, 4.69) is 121 Å². The number of aryl methyl sites for hydroxylation is 1. The standard InChI is InChI=1S/C35H21N3/c1-20-35(37-28-18-16-21-8-2-3-10-23(21)34(28)36-20)38-29-15-7-14-27-25-12-5-4-11-24(25)26-13-6-9-22-17-19-30(38)33(31(22)26)32(27)29/h2-19H,1H3. The van der Waals surface area contributed by atoms with Gasteiger partial charge < -0.3 is 0 Å². The summed E-state index contributed by atoms with van der Waals surface area (Å²) in [5.74, 6) is 0.885. The van der Waals surface area contributed by atoms with Crippen molar-refractivity contribution in [2.75, 3.05) is 0 Å². The second-order valence-electron chi connectivity index (χ2n) is 10.2. The van der Waals surface area contributed by atoms with Crippen molar-refractivity contribution in [2.45, 2.75) is 6.92 Å². The number of hydrogen-bond acceptors (Lipinski definition) is 2. The van der Waals surface area contributed by atoms with Gasteiger partial charge >= 0.3 is 0 Å². The van der Waals surface area contributed by atoms with Gasteiger partial charge in [0.05, 0.1) is 27.8 Å². The molecule has 0 aliphatic heterocycles. The molecule has 0 atom stereocenters. The molecule has 176 valence electrons. The first-order chi connectivity index (χ1) is 18.8. The van der Waals surface area contributed by atoms with Gasteiger partial charge in [-0.25, -0.2) is 9.97 Å². The summed E-state index contributed by atoms with van der Waals surface area (Å²) in [6.45, 7) is 2.08. The zero-order valence-corrected chi connectivity index (χ0v) is 20.7. The van der Waals surface area contributed by atoms with Gasteiger partial charge in [-0.15, -0.1) is 0 Å². The summed E-state index contributed by atoms with van der Waals surface area (Å²) in [7, 11) is 0. The zero-order valence-electron chi connectivity index (χ0n) is 20.7. The minimum absolute atomic E-state index is 0.885. The topological polar surface area (TPSA) is 30.7 Å². The van der Waals surface area contributed by atoms with Crippen LogP contribution in [0.3, 0.4) is 0 Å². The molecule has 0 saturated heterocycles. The highest BCUT2D eigenvalue weighted by atomic mass is 15.1. The van der Waals surface area contributed by atoms with Crippen LogP contribution in [0.4, 0.5) is 0 Å². The molecule has 0 N–H and O–H groups in total. The van der Waals surface area contributed by atoms with Gasteiger partial charge in [0, 0.05) is 16.2 Å². The van der Waals surface area contributed by atoms with Gasteiger partial charge in [-0.3, -0.25) is 4.57 Å². The maximum atomic E-state index is 5.26. The van der Waals surface area contributed by atoms with Crippen LogP contribution < -0.4 is 0 Å². The van der Waals surface area contributed by atoms with Crippen LogP contribution in [0.25, 0.3) is 82.5 Å². The number of rotatable bonds is 1. The smallest absolute Gasteiger partial charge is 0.159 e. The van der Waals surface area contributed by atoms with E-state index in [1.54, 1.807) is 0 Å². The van der Waals surface area contributed by atoms with E-state index in [0.29, 0.717) is 0 Å². The molecule has 0 saturated carbocycles. The zero-order chi connectivity index (χ0) is 25.0. The van der Waals surface area contributed by atoms with Gasteiger partial charge in [-0.2, -0.15) is 0 Å². The molecule has 6 aromatic carbocycles. The van der Waals surface area contributed by atoms with Crippen molar-refractivity contribution in [3.8, 4) is 28.1 Å². The van der Waals surface area contributed by atoms with Crippen molar-refractivity contribution in [3.05, 3.63) is 115 Å². The van der Waals surface area contributed by atoms with Crippen molar-refractivity contribution in [2.24, 2.45) is 0 Å². The lowest BCUT2D eigenvalue weighted by Gasteiger charge is -2.14. The van der Waals surface area contributed by atoms with E-state index in [0.717, 1.165) is 39.0 Å². The Morgan fingerprint density at radius 2 is 1.16 bits per heavy atom. The molecule has 3 nitrogen and oxygen atoms in total. The van der Waals surface area contributed by atoms with Gasteiger partial charge in [0.25, 0.3) is 0 Å². The van der Waals surface area contributed by atoms with Crippen LogP contribution >= 0.6 is 0 Å². The van der Waals surface area contributed by atoms with Crippen LogP contribution in [0.1, 0.15) is 5.69 Å². The minimum atomic E-state index is 0.885. The molecular weight excluding hydrogens is 462 g/mol. The third kappa shape index (κ3) is 2.43. The van der Waals surface area contributed by atoms with E-state index in [4.69, 9.17) is 9.97 Å². The Morgan fingerprint density at radius 3 is 2.03 bits per heavy atom. The van der Waals surface area contributed by atoms with Gasteiger partial charge in [0.1, 0.15) is 0 Å². The van der Waals surface area contributed by atoms with Gasteiger partial charge in [0.15, 0.2) is 5.82 Å². The predicted octanol–water partition coefficient (Wildman–Crippen LogP) is 8.99. The van der Waals surface area contributed by atoms with E-state index in [-0.39, 0.29) is 0 Å². The highest BCUT2D eigenvalue weighted by molar-refractivity contribution is 6.30. The van der Waals surface area contributed by atoms with Crippen LogP contribution in [0.2, 0.25) is 0 Å². The lowest BCUT2D eigenvalue weighted by atomic mass is 9.93. The molecule has 8 aromatic rings. The maximum absolute atomic E-state index is 5.26. The number of hydrogen-bond donors (Lipinski definition) is 0. The van der Waals surface area contributed by atoms with Crippen LogP contribution in [-0.2, 0) is 0 Å². The van der Waals surface area contributed by atoms with Crippen LogP contribution in [0, 0.1) is 6.92 Å². The summed E-state index contributed by atoms with van der Waals surface area (Å²) >= 11 is 0. The summed E-state index contributed by atoms with van der Waals surface area (Å²) in [4.78, 5) is 10.4. The Morgan fingerprint density at radius 1 is 0.500 bits per heavy atom. The first-order valence-corrected chi connectivity index (χ1v) is 13.0. The van der Waals surface area contributed by atoms with E-state index in [9.17, 15) is 0 Å². The van der Waals surface area contributed by atoms with Crippen molar-refractivity contribution in [1.82, 2.24) is 14.5 Å². The fourth-order valence-corrected chi connectivity index (χ4v) is 6.63. The fraction of sp³-hybridized carbons (Fsp3) is 0.0286. The average molecular weight is 484 g/mol. The Bertz CT molecular complexity index is 2310. The maximum Gasteiger partial charge on any atom is 0.159 e. The van der Waals surface area contributed by atoms with Crippen molar-refractivity contribution >= 4 is 54.4 Å². The average Bonchev–Trinajstić information content (AvgIpc) is 3.24. The van der Waals surface area contributed by atoms with Gasteiger partial charge in [-0.05, 0) is 63.5 Å². The third-order valence-electron chi connectivity index (χ3n) is 8.23. The molecule has 0 bridgehead atoms. The Kier molecular flexibility index (Phi) is 3.73. The van der Waals surface area contributed by atoms with Crippen molar-refractivity contribution < 1.29 is 0 Å². The quantitative estimate of drug-likeness (QED) is 0.218. The summed E-state index contributed by atoms with van der Waals surface area (Å²) in [5.41, 5.74) is 10.2. The SMILES string of the molecule is Cc1nc2c(ccc3ccccc32)nc1-n1c2cccc3c2c2c4c(cccc4ccc21)-c1ccccc1-3. The summed E-state index contributed by atoms with van der Waals surface area (Å²) in [6.07, 6.45) is 0. The Hall–Kier alpha value is -5.02. The number of aromatic nitrogens is 3. The Labute approximate surface area is 218 Å². The van der Waals surface area contributed by atoms with E-state index in [1.165, 1.54) is 49.2 Å². The monoisotopic (exact) mass is 483 g/mol.